The molecule has 0 saturated heterocycles. The second kappa shape index (κ2) is 4.73. The molecule has 0 heterocycles. The van der Waals surface area contributed by atoms with Crippen LogP contribution in [0.25, 0.3) is 0 Å². The molecule has 0 fully saturated rings. The average molecular weight is 217 g/mol. The molecule has 11 heavy (non-hydrogen) atoms. The van der Waals surface area contributed by atoms with E-state index < -0.39 is 0 Å². The van der Waals surface area contributed by atoms with Crippen molar-refractivity contribution < 1.29 is 5.11 Å². The zero-order chi connectivity index (χ0) is 8.10. The number of aliphatic hydroxyl groups excluding tert-OH is 1. The van der Waals surface area contributed by atoms with Crippen LogP contribution >= 0.6 is 15.9 Å². The van der Waals surface area contributed by atoms with Gasteiger partial charge in [0.1, 0.15) is 0 Å². The van der Waals surface area contributed by atoms with Crippen LogP contribution < -0.4 is 0 Å². The van der Waals surface area contributed by atoms with E-state index in [4.69, 9.17) is 5.11 Å². The van der Waals surface area contributed by atoms with E-state index in [0.29, 0.717) is 0 Å². The van der Waals surface area contributed by atoms with Gasteiger partial charge in [-0.1, -0.05) is 28.1 Å². The normalized spacial score (nSPS) is 19.8. The van der Waals surface area contributed by atoms with E-state index in [1.54, 1.807) is 6.08 Å². The van der Waals surface area contributed by atoms with E-state index in [9.17, 15) is 0 Å². The first-order valence-electron chi connectivity index (χ1n) is 3.99. The second-order valence-corrected chi connectivity index (χ2v) is 3.68. The van der Waals surface area contributed by atoms with E-state index in [1.807, 2.05) is 6.08 Å². The van der Waals surface area contributed by atoms with Gasteiger partial charge >= 0.3 is 0 Å². The lowest BCUT2D eigenvalue weighted by Gasteiger charge is -2.12. The average Bonchev–Trinajstić information content (AvgIpc) is 2.03. The summed E-state index contributed by atoms with van der Waals surface area (Å²) in [5.74, 6) is 0. The maximum Gasteiger partial charge on any atom is 0.0615 e. The highest BCUT2D eigenvalue weighted by atomic mass is 79.9. The van der Waals surface area contributed by atoms with Crippen molar-refractivity contribution in [3.05, 3.63) is 22.2 Å². The lowest BCUT2D eigenvalue weighted by atomic mass is 9.99. The molecule has 1 nitrogen and oxygen atoms in total. The van der Waals surface area contributed by atoms with Crippen molar-refractivity contribution >= 4 is 15.9 Å². The Labute approximate surface area is 75.9 Å². The predicted octanol–water partition coefficient (Wildman–Crippen LogP) is 2.76. The monoisotopic (exact) mass is 216 g/mol. The van der Waals surface area contributed by atoms with Gasteiger partial charge in [-0.05, 0) is 35.7 Å². The van der Waals surface area contributed by atoms with Gasteiger partial charge in [-0.2, -0.15) is 0 Å². The molecule has 0 aromatic heterocycles. The molecule has 0 spiro atoms. The molecule has 2 heteroatoms. The Balaban J connectivity index is 2.59. The van der Waals surface area contributed by atoms with Crippen LogP contribution in [0.5, 0.6) is 0 Å². The van der Waals surface area contributed by atoms with Crippen molar-refractivity contribution in [2.75, 3.05) is 6.61 Å². The highest BCUT2D eigenvalue weighted by Crippen LogP contribution is 2.29. The molecule has 0 bridgehead atoms. The molecule has 0 aromatic carbocycles. The standard InChI is InChI=1S/C9H13BrO/c10-9-6-2-1-4-8(9)5-3-7-11/h3,5,11H,1-2,4,6-7H2. The Morgan fingerprint density at radius 1 is 1.36 bits per heavy atom. The van der Waals surface area contributed by atoms with E-state index in [-0.39, 0.29) is 6.61 Å². The smallest absolute Gasteiger partial charge is 0.0615 e. The van der Waals surface area contributed by atoms with Gasteiger partial charge in [0.05, 0.1) is 6.61 Å². The number of halogens is 1. The third-order valence-corrected chi connectivity index (χ3v) is 2.77. The van der Waals surface area contributed by atoms with Crippen LogP contribution in [0.15, 0.2) is 22.2 Å². The van der Waals surface area contributed by atoms with Crippen molar-refractivity contribution in [3.8, 4) is 0 Å². The molecule has 0 aromatic rings. The van der Waals surface area contributed by atoms with Gasteiger partial charge in [-0.3, -0.25) is 0 Å². The van der Waals surface area contributed by atoms with Gasteiger partial charge < -0.3 is 5.11 Å². The summed E-state index contributed by atoms with van der Waals surface area (Å²) < 4.78 is 1.31. The minimum atomic E-state index is 0.143. The van der Waals surface area contributed by atoms with Crippen LogP contribution in [-0.2, 0) is 0 Å². The molecule has 1 rings (SSSR count). The first-order valence-corrected chi connectivity index (χ1v) is 4.79. The van der Waals surface area contributed by atoms with Gasteiger partial charge in [0.25, 0.3) is 0 Å². The quantitative estimate of drug-likeness (QED) is 0.753. The molecule has 0 saturated carbocycles. The van der Waals surface area contributed by atoms with Crippen LogP contribution in [0.2, 0.25) is 0 Å². The van der Waals surface area contributed by atoms with Crippen molar-refractivity contribution in [3.63, 3.8) is 0 Å². The SMILES string of the molecule is OCC=CC1=C(Br)CCCC1. The van der Waals surface area contributed by atoms with E-state index >= 15 is 0 Å². The second-order valence-electron chi connectivity index (χ2n) is 2.72. The molecule has 0 aliphatic heterocycles. The first kappa shape index (κ1) is 9.01. The molecular weight excluding hydrogens is 204 g/mol. The number of hydrogen-bond acceptors (Lipinski definition) is 1. The van der Waals surface area contributed by atoms with Gasteiger partial charge in [-0.15, -0.1) is 0 Å². The fraction of sp³-hybridized carbons (Fsp3) is 0.556. The molecule has 0 unspecified atom stereocenters. The van der Waals surface area contributed by atoms with E-state index in [2.05, 4.69) is 15.9 Å². The topological polar surface area (TPSA) is 20.2 Å². The summed E-state index contributed by atoms with van der Waals surface area (Å²) >= 11 is 3.53. The van der Waals surface area contributed by atoms with Crippen LogP contribution in [0.3, 0.4) is 0 Å². The third kappa shape index (κ3) is 2.80. The zero-order valence-corrected chi connectivity index (χ0v) is 8.10. The Morgan fingerprint density at radius 3 is 2.73 bits per heavy atom. The molecular formula is C9H13BrO. The van der Waals surface area contributed by atoms with Crippen molar-refractivity contribution in [1.29, 1.82) is 0 Å². The minimum Gasteiger partial charge on any atom is -0.392 e. The molecule has 0 radical (unpaired) electrons. The highest BCUT2D eigenvalue weighted by Gasteiger charge is 2.06. The summed E-state index contributed by atoms with van der Waals surface area (Å²) in [6.07, 6.45) is 8.69. The van der Waals surface area contributed by atoms with E-state index in [1.165, 1.54) is 22.9 Å². The van der Waals surface area contributed by atoms with Crippen molar-refractivity contribution in [2.45, 2.75) is 25.7 Å². The molecule has 1 N–H and O–H groups in total. The molecule has 1 aliphatic carbocycles. The van der Waals surface area contributed by atoms with Crippen molar-refractivity contribution in [1.82, 2.24) is 0 Å². The van der Waals surface area contributed by atoms with Gasteiger partial charge in [0.2, 0.25) is 0 Å². The van der Waals surface area contributed by atoms with Crippen molar-refractivity contribution in [2.24, 2.45) is 0 Å². The van der Waals surface area contributed by atoms with Crippen LogP contribution in [0.1, 0.15) is 25.7 Å². The Bertz CT molecular complexity index is 182. The summed E-state index contributed by atoms with van der Waals surface area (Å²) in [5, 5.41) is 8.56. The largest absolute Gasteiger partial charge is 0.392 e. The summed E-state index contributed by atoms with van der Waals surface area (Å²) in [7, 11) is 0. The maximum absolute atomic E-state index is 8.56. The molecule has 62 valence electrons. The number of rotatable bonds is 2. The maximum atomic E-state index is 8.56. The summed E-state index contributed by atoms with van der Waals surface area (Å²) in [6, 6.07) is 0. The van der Waals surface area contributed by atoms with Gasteiger partial charge in [0, 0.05) is 0 Å². The van der Waals surface area contributed by atoms with Crippen LogP contribution in [-0.4, -0.2) is 11.7 Å². The fourth-order valence-corrected chi connectivity index (χ4v) is 1.87. The minimum absolute atomic E-state index is 0.143. The Morgan fingerprint density at radius 2 is 2.09 bits per heavy atom. The predicted molar refractivity (Wildman–Crippen MR) is 50.6 cm³/mol. The number of hydrogen-bond donors (Lipinski definition) is 1. The fourth-order valence-electron chi connectivity index (χ4n) is 1.26. The lowest BCUT2D eigenvalue weighted by Crippen LogP contribution is -1.92. The van der Waals surface area contributed by atoms with Crippen LogP contribution in [0.4, 0.5) is 0 Å². The van der Waals surface area contributed by atoms with Crippen LogP contribution in [0, 0.1) is 0 Å². The number of allylic oxidation sites excluding steroid dienone is 3. The highest BCUT2D eigenvalue weighted by molar-refractivity contribution is 9.11. The number of aliphatic hydroxyl groups is 1. The van der Waals surface area contributed by atoms with Gasteiger partial charge in [-0.25, -0.2) is 0 Å². The molecule has 0 amide bonds. The molecule has 1 aliphatic rings. The van der Waals surface area contributed by atoms with E-state index in [0.717, 1.165) is 12.8 Å². The summed E-state index contributed by atoms with van der Waals surface area (Å²) in [6.45, 7) is 0.143. The Hall–Kier alpha value is -0.0800. The third-order valence-electron chi connectivity index (χ3n) is 1.87. The first-order chi connectivity index (χ1) is 5.34. The lowest BCUT2D eigenvalue weighted by molar-refractivity contribution is 0.342. The summed E-state index contributed by atoms with van der Waals surface area (Å²) in [5.41, 5.74) is 1.35. The Kier molecular flexibility index (Phi) is 3.87. The van der Waals surface area contributed by atoms with Gasteiger partial charge in [0.15, 0.2) is 0 Å². The summed E-state index contributed by atoms with van der Waals surface area (Å²) in [4.78, 5) is 0. The molecule has 0 atom stereocenters. The zero-order valence-electron chi connectivity index (χ0n) is 6.52.